The Bertz CT molecular complexity index is 655. The highest BCUT2D eigenvalue weighted by atomic mass is 32.1. The van der Waals surface area contributed by atoms with Crippen LogP contribution in [0.15, 0.2) is 33.9 Å². The topological polar surface area (TPSA) is 46.3 Å². The molecule has 1 amide bonds. The molecule has 0 fully saturated rings. The Hall–Kier alpha value is -1.88. The van der Waals surface area contributed by atoms with Crippen molar-refractivity contribution in [2.45, 2.75) is 20.3 Å². The molecule has 0 saturated heterocycles. The van der Waals surface area contributed by atoms with E-state index in [1.54, 1.807) is 11.8 Å². The van der Waals surface area contributed by atoms with Gasteiger partial charge in [-0.2, -0.15) is 0 Å². The highest BCUT2D eigenvalue weighted by Crippen LogP contribution is 2.28. The molecule has 0 saturated carbocycles. The molecule has 0 bridgehead atoms. The van der Waals surface area contributed by atoms with Crippen LogP contribution in [-0.2, 0) is 0 Å². The Kier molecular flexibility index (Phi) is 3.44. The summed E-state index contributed by atoms with van der Waals surface area (Å²) in [7, 11) is 0. The summed E-state index contributed by atoms with van der Waals surface area (Å²) in [4.78, 5) is 19.3. The van der Waals surface area contributed by atoms with Crippen LogP contribution in [-0.4, -0.2) is 28.9 Å². The number of aryl methyl sites for hydroxylation is 1. The van der Waals surface area contributed by atoms with Gasteiger partial charge in [0.1, 0.15) is 10.6 Å². The zero-order valence-electron chi connectivity index (χ0n) is 11.5. The second-order valence-electron chi connectivity index (χ2n) is 4.98. The molecule has 4 nitrogen and oxygen atoms in total. The van der Waals surface area contributed by atoms with Crippen LogP contribution in [0.4, 0.5) is 0 Å². The second-order valence-corrected chi connectivity index (χ2v) is 5.83. The third-order valence-corrected chi connectivity index (χ3v) is 4.58. The molecule has 2 aromatic rings. The zero-order chi connectivity index (χ0) is 14.1. The second kappa shape index (κ2) is 5.25. The molecule has 0 N–H and O–H groups in total. The zero-order valence-corrected chi connectivity index (χ0v) is 12.4. The standard InChI is InChI=1S/C15H16N2O2S/c1-10-5-6-17(8-12(10)13-4-3-7-19-13)15(18)14-11(2)16-9-20-14/h3-4,7,9H,5-6,8H2,1-2H3. The van der Waals surface area contributed by atoms with Gasteiger partial charge >= 0.3 is 0 Å². The number of hydrogen-bond acceptors (Lipinski definition) is 4. The minimum Gasteiger partial charge on any atom is -0.465 e. The van der Waals surface area contributed by atoms with E-state index in [1.165, 1.54) is 16.9 Å². The summed E-state index contributed by atoms with van der Waals surface area (Å²) in [5.41, 5.74) is 4.95. The minimum absolute atomic E-state index is 0.0709. The fourth-order valence-corrected chi connectivity index (χ4v) is 3.19. The molecule has 2 aromatic heterocycles. The fraction of sp³-hybridized carbons (Fsp3) is 0.333. The minimum atomic E-state index is 0.0709. The van der Waals surface area contributed by atoms with E-state index in [0.29, 0.717) is 6.54 Å². The van der Waals surface area contributed by atoms with Gasteiger partial charge in [-0.15, -0.1) is 11.3 Å². The van der Waals surface area contributed by atoms with Crippen molar-refractivity contribution in [1.82, 2.24) is 9.88 Å². The summed E-state index contributed by atoms with van der Waals surface area (Å²) in [6.07, 6.45) is 2.56. The lowest BCUT2D eigenvalue weighted by Gasteiger charge is -2.29. The van der Waals surface area contributed by atoms with Crippen LogP contribution < -0.4 is 0 Å². The van der Waals surface area contributed by atoms with Crippen molar-refractivity contribution in [3.63, 3.8) is 0 Å². The Morgan fingerprint density at radius 3 is 2.95 bits per heavy atom. The summed E-state index contributed by atoms with van der Waals surface area (Å²) in [5.74, 6) is 0.933. The van der Waals surface area contributed by atoms with Gasteiger partial charge in [0.25, 0.3) is 5.91 Å². The maximum Gasteiger partial charge on any atom is 0.266 e. The molecular weight excluding hydrogens is 272 g/mol. The van der Waals surface area contributed by atoms with Crippen molar-refractivity contribution >= 4 is 22.8 Å². The monoisotopic (exact) mass is 288 g/mol. The van der Waals surface area contributed by atoms with E-state index in [4.69, 9.17) is 4.42 Å². The SMILES string of the molecule is CC1=C(c2ccco2)CN(C(=O)c2scnc2C)CC1. The summed E-state index contributed by atoms with van der Waals surface area (Å²) in [6, 6.07) is 3.83. The number of nitrogens with zero attached hydrogens (tertiary/aromatic N) is 2. The fourth-order valence-electron chi connectivity index (χ4n) is 2.42. The number of furan rings is 1. The number of hydrogen-bond donors (Lipinski definition) is 0. The van der Waals surface area contributed by atoms with E-state index in [0.717, 1.165) is 34.9 Å². The summed E-state index contributed by atoms with van der Waals surface area (Å²) >= 11 is 1.41. The molecule has 3 heterocycles. The largest absolute Gasteiger partial charge is 0.465 e. The van der Waals surface area contributed by atoms with Gasteiger partial charge in [-0.25, -0.2) is 4.98 Å². The van der Waals surface area contributed by atoms with Crippen LogP contribution in [0.25, 0.3) is 5.57 Å². The van der Waals surface area contributed by atoms with Crippen LogP contribution in [0.5, 0.6) is 0 Å². The number of amides is 1. The van der Waals surface area contributed by atoms with E-state index in [1.807, 2.05) is 24.0 Å². The number of aromatic nitrogens is 1. The molecular formula is C15H16N2O2S. The lowest BCUT2D eigenvalue weighted by atomic mass is 9.99. The average molecular weight is 288 g/mol. The van der Waals surface area contributed by atoms with Gasteiger partial charge < -0.3 is 9.32 Å². The van der Waals surface area contributed by atoms with Crippen molar-refractivity contribution in [2.75, 3.05) is 13.1 Å². The van der Waals surface area contributed by atoms with Crippen molar-refractivity contribution in [3.05, 3.63) is 45.8 Å². The first-order valence-electron chi connectivity index (χ1n) is 6.58. The number of carbonyl (C=O) groups is 1. The molecule has 0 aromatic carbocycles. The molecule has 20 heavy (non-hydrogen) atoms. The molecule has 0 unspecified atom stereocenters. The van der Waals surface area contributed by atoms with Crippen LogP contribution in [0.1, 0.15) is 34.5 Å². The van der Waals surface area contributed by atoms with Gasteiger partial charge in [-0.3, -0.25) is 4.79 Å². The average Bonchev–Trinajstić information content (AvgIpc) is 3.09. The lowest BCUT2D eigenvalue weighted by molar-refractivity contribution is 0.0776. The molecule has 5 heteroatoms. The first kappa shape index (κ1) is 13.1. The predicted molar refractivity (Wildman–Crippen MR) is 78.7 cm³/mol. The van der Waals surface area contributed by atoms with Gasteiger partial charge in [-0.05, 0) is 32.4 Å². The summed E-state index contributed by atoms with van der Waals surface area (Å²) < 4.78 is 5.48. The molecule has 0 atom stereocenters. The summed E-state index contributed by atoms with van der Waals surface area (Å²) in [5, 5.41) is 0. The van der Waals surface area contributed by atoms with E-state index in [9.17, 15) is 4.79 Å². The van der Waals surface area contributed by atoms with Crippen LogP contribution in [0, 0.1) is 6.92 Å². The Labute approximate surface area is 121 Å². The smallest absolute Gasteiger partial charge is 0.266 e. The van der Waals surface area contributed by atoms with Gasteiger partial charge in [0, 0.05) is 18.7 Å². The third kappa shape index (κ3) is 2.29. The van der Waals surface area contributed by atoms with Crippen molar-refractivity contribution < 1.29 is 9.21 Å². The predicted octanol–water partition coefficient (Wildman–Crippen LogP) is 3.36. The molecule has 104 valence electrons. The van der Waals surface area contributed by atoms with Crippen molar-refractivity contribution in [2.24, 2.45) is 0 Å². The summed E-state index contributed by atoms with van der Waals surface area (Å²) in [6.45, 7) is 5.35. The van der Waals surface area contributed by atoms with Crippen LogP contribution in [0.2, 0.25) is 0 Å². The number of thiazole rings is 1. The van der Waals surface area contributed by atoms with Gasteiger partial charge in [0.15, 0.2) is 0 Å². The Morgan fingerprint density at radius 1 is 1.45 bits per heavy atom. The highest BCUT2D eigenvalue weighted by Gasteiger charge is 2.25. The number of carbonyl (C=O) groups excluding carboxylic acids is 1. The Morgan fingerprint density at radius 2 is 2.30 bits per heavy atom. The Balaban J connectivity index is 1.85. The van der Waals surface area contributed by atoms with E-state index in [-0.39, 0.29) is 5.91 Å². The molecule has 1 aliphatic rings. The molecule has 1 aliphatic heterocycles. The van der Waals surface area contributed by atoms with Gasteiger partial charge in [0.05, 0.1) is 17.5 Å². The van der Waals surface area contributed by atoms with Crippen molar-refractivity contribution in [3.8, 4) is 0 Å². The van der Waals surface area contributed by atoms with Gasteiger partial charge in [-0.1, -0.05) is 5.57 Å². The maximum atomic E-state index is 12.5. The lowest BCUT2D eigenvalue weighted by Crippen LogP contribution is -2.36. The van der Waals surface area contributed by atoms with E-state index in [2.05, 4.69) is 11.9 Å². The highest BCUT2D eigenvalue weighted by molar-refractivity contribution is 7.11. The molecule has 0 aliphatic carbocycles. The first-order chi connectivity index (χ1) is 9.66. The molecule has 3 rings (SSSR count). The molecule has 0 spiro atoms. The van der Waals surface area contributed by atoms with Crippen LogP contribution in [0.3, 0.4) is 0 Å². The van der Waals surface area contributed by atoms with E-state index >= 15 is 0 Å². The normalized spacial score (nSPS) is 15.8. The first-order valence-corrected chi connectivity index (χ1v) is 7.46. The molecule has 0 radical (unpaired) electrons. The number of rotatable bonds is 2. The van der Waals surface area contributed by atoms with Gasteiger partial charge in [0.2, 0.25) is 0 Å². The van der Waals surface area contributed by atoms with Crippen LogP contribution >= 0.6 is 11.3 Å². The van der Waals surface area contributed by atoms with Crippen molar-refractivity contribution in [1.29, 1.82) is 0 Å². The van der Waals surface area contributed by atoms with E-state index < -0.39 is 0 Å². The quantitative estimate of drug-likeness (QED) is 0.851. The maximum absolute atomic E-state index is 12.5. The third-order valence-electron chi connectivity index (χ3n) is 3.67.